The second kappa shape index (κ2) is 5.63. The zero-order chi connectivity index (χ0) is 14.0. The average molecular weight is 339 g/mol. The molecule has 1 heterocycles. The van der Waals surface area contributed by atoms with Crippen LogP contribution in [0.2, 0.25) is 0 Å². The Bertz CT molecular complexity index is 570. The van der Waals surface area contributed by atoms with E-state index >= 15 is 0 Å². The third kappa shape index (κ3) is 3.80. The summed E-state index contributed by atoms with van der Waals surface area (Å²) in [6.45, 7) is 9.49. The molecular formula is C15H19BrN2S. The first-order valence-electron chi connectivity index (χ1n) is 6.31. The first kappa shape index (κ1) is 14.5. The Morgan fingerprint density at radius 2 is 2.05 bits per heavy atom. The maximum atomic E-state index is 4.50. The smallest absolute Gasteiger partial charge is 0.0981 e. The zero-order valence-corrected chi connectivity index (χ0v) is 14.2. The number of rotatable bonds is 3. The number of nitrogens with zero attached hydrogens (tertiary/aromatic N) is 1. The third-order valence-electron chi connectivity index (χ3n) is 2.77. The summed E-state index contributed by atoms with van der Waals surface area (Å²) in [6, 6.07) is 6.33. The maximum absolute atomic E-state index is 4.50. The molecule has 0 unspecified atom stereocenters. The molecule has 4 heteroatoms. The predicted octanol–water partition coefficient (Wildman–Crippen LogP) is 5.12. The number of thiazole rings is 1. The molecule has 0 aliphatic rings. The van der Waals surface area contributed by atoms with Crippen LogP contribution in [0.15, 0.2) is 28.9 Å². The van der Waals surface area contributed by atoms with E-state index in [0.29, 0.717) is 0 Å². The van der Waals surface area contributed by atoms with Crippen molar-refractivity contribution >= 4 is 33.0 Å². The first-order valence-corrected chi connectivity index (χ1v) is 7.92. The fourth-order valence-corrected chi connectivity index (χ4v) is 3.22. The summed E-state index contributed by atoms with van der Waals surface area (Å²) in [5.74, 6) is 0. The van der Waals surface area contributed by atoms with Gasteiger partial charge in [-0.05, 0) is 40.5 Å². The lowest BCUT2D eigenvalue weighted by atomic mass is 9.98. The molecule has 0 saturated heterocycles. The number of benzene rings is 1. The van der Waals surface area contributed by atoms with Crippen LogP contribution < -0.4 is 5.32 Å². The van der Waals surface area contributed by atoms with E-state index in [1.54, 1.807) is 11.3 Å². The molecule has 2 nitrogen and oxygen atoms in total. The summed E-state index contributed by atoms with van der Waals surface area (Å²) in [7, 11) is 0. The van der Waals surface area contributed by atoms with E-state index in [2.05, 4.69) is 72.1 Å². The minimum Gasteiger partial charge on any atom is -0.379 e. The third-order valence-corrected chi connectivity index (χ3v) is 4.85. The van der Waals surface area contributed by atoms with Crippen molar-refractivity contribution in [2.75, 3.05) is 5.32 Å². The summed E-state index contributed by atoms with van der Waals surface area (Å²) in [5.41, 5.74) is 2.51. The zero-order valence-electron chi connectivity index (χ0n) is 11.7. The van der Waals surface area contributed by atoms with Crippen LogP contribution in [0.1, 0.15) is 36.2 Å². The van der Waals surface area contributed by atoms with Crippen molar-refractivity contribution in [1.29, 1.82) is 0 Å². The van der Waals surface area contributed by atoms with Crippen LogP contribution in [0.3, 0.4) is 0 Å². The van der Waals surface area contributed by atoms with Gasteiger partial charge in [0.2, 0.25) is 0 Å². The van der Waals surface area contributed by atoms with Crippen LogP contribution in [0.5, 0.6) is 0 Å². The van der Waals surface area contributed by atoms with Gasteiger partial charge in [-0.3, -0.25) is 0 Å². The number of nitrogens with one attached hydrogen (secondary N) is 1. The number of hydrogen-bond acceptors (Lipinski definition) is 3. The normalized spacial score (nSPS) is 11.6. The highest BCUT2D eigenvalue weighted by Crippen LogP contribution is 2.28. The molecule has 2 aromatic rings. The lowest BCUT2D eigenvalue weighted by Crippen LogP contribution is -2.09. The number of anilines is 1. The minimum atomic E-state index is 0.132. The van der Waals surface area contributed by atoms with E-state index in [1.807, 2.05) is 6.20 Å². The molecule has 0 bridgehead atoms. The van der Waals surface area contributed by atoms with Crippen molar-refractivity contribution in [3.05, 3.63) is 44.3 Å². The Kier molecular flexibility index (Phi) is 4.31. The van der Waals surface area contributed by atoms with Crippen LogP contribution in [-0.4, -0.2) is 4.98 Å². The SMILES string of the molecule is Cc1ccc(NCc2cnc(C(C)(C)C)s2)c(Br)c1. The molecule has 2 rings (SSSR count). The Hall–Kier alpha value is -0.870. The monoisotopic (exact) mass is 338 g/mol. The molecule has 0 aliphatic heterocycles. The molecule has 19 heavy (non-hydrogen) atoms. The second-order valence-corrected chi connectivity index (χ2v) is 7.69. The molecule has 0 fully saturated rings. The molecule has 0 amide bonds. The molecule has 0 atom stereocenters. The van der Waals surface area contributed by atoms with Gasteiger partial charge in [0.15, 0.2) is 0 Å². The van der Waals surface area contributed by atoms with Gasteiger partial charge >= 0.3 is 0 Å². The number of hydrogen-bond donors (Lipinski definition) is 1. The van der Waals surface area contributed by atoms with Crippen molar-refractivity contribution in [3.8, 4) is 0 Å². The van der Waals surface area contributed by atoms with Crippen LogP contribution in [-0.2, 0) is 12.0 Å². The number of halogens is 1. The molecule has 1 N–H and O–H groups in total. The van der Waals surface area contributed by atoms with E-state index < -0.39 is 0 Å². The van der Waals surface area contributed by atoms with Crippen molar-refractivity contribution in [3.63, 3.8) is 0 Å². The van der Waals surface area contributed by atoms with Crippen molar-refractivity contribution < 1.29 is 0 Å². The van der Waals surface area contributed by atoms with Gasteiger partial charge in [0, 0.05) is 26.6 Å². The molecule has 0 saturated carbocycles. The summed E-state index contributed by atoms with van der Waals surface area (Å²) >= 11 is 5.36. The van der Waals surface area contributed by atoms with E-state index in [9.17, 15) is 0 Å². The standard InChI is InChI=1S/C15H19BrN2S/c1-10-5-6-13(12(16)7-10)17-8-11-9-18-14(19-11)15(2,3)4/h5-7,9,17H,8H2,1-4H3. The van der Waals surface area contributed by atoms with Gasteiger partial charge in [0.25, 0.3) is 0 Å². The molecule has 1 aromatic carbocycles. The van der Waals surface area contributed by atoms with Gasteiger partial charge in [-0.25, -0.2) is 4.98 Å². The summed E-state index contributed by atoms with van der Waals surface area (Å²) in [6.07, 6.45) is 1.97. The quantitative estimate of drug-likeness (QED) is 0.839. The van der Waals surface area contributed by atoms with Gasteiger partial charge in [-0.2, -0.15) is 0 Å². The summed E-state index contributed by atoms with van der Waals surface area (Å²) in [4.78, 5) is 5.76. The topological polar surface area (TPSA) is 24.9 Å². The van der Waals surface area contributed by atoms with Crippen LogP contribution in [0, 0.1) is 6.92 Å². The fraction of sp³-hybridized carbons (Fsp3) is 0.400. The highest BCUT2D eigenvalue weighted by Gasteiger charge is 2.17. The Balaban J connectivity index is 2.04. The van der Waals surface area contributed by atoms with Crippen LogP contribution in [0.4, 0.5) is 5.69 Å². The number of aryl methyl sites for hydroxylation is 1. The lowest BCUT2D eigenvalue weighted by molar-refractivity contribution is 0.585. The fourth-order valence-electron chi connectivity index (χ4n) is 1.68. The minimum absolute atomic E-state index is 0.132. The Morgan fingerprint density at radius 3 is 2.63 bits per heavy atom. The van der Waals surface area contributed by atoms with Gasteiger partial charge in [-0.1, -0.05) is 26.8 Å². The molecule has 0 aliphatic carbocycles. The summed E-state index contributed by atoms with van der Waals surface area (Å²) in [5, 5.41) is 4.63. The van der Waals surface area contributed by atoms with Gasteiger partial charge < -0.3 is 5.32 Å². The van der Waals surface area contributed by atoms with Crippen LogP contribution in [0.25, 0.3) is 0 Å². The number of aromatic nitrogens is 1. The van der Waals surface area contributed by atoms with Crippen molar-refractivity contribution in [2.45, 2.75) is 39.7 Å². The summed E-state index contributed by atoms with van der Waals surface area (Å²) < 4.78 is 1.10. The highest BCUT2D eigenvalue weighted by molar-refractivity contribution is 9.10. The largest absolute Gasteiger partial charge is 0.379 e. The van der Waals surface area contributed by atoms with E-state index in [0.717, 1.165) is 16.7 Å². The van der Waals surface area contributed by atoms with Gasteiger partial charge in [0.05, 0.1) is 11.6 Å². The molecule has 0 radical (unpaired) electrons. The molecule has 102 valence electrons. The molecule has 1 aromatic heterocycles. The second-order valence-electron chi connectivity index (χ2n) is 5.72. The van der Waals surface area contributed by atoms with Gasteiger partial charge in [-0.15, -0.1) is 11.3 Å². The van der Waals surface area contributed by atoms with Crippen molar-refractivity contribution in [2.24, 2.45) is 0 Å². The van der Waals surface area contributed by atoms with E-state index in [4.69, 9.17) is 0 Å². The first-order chi connectivity index (χ1) is 8.86. The van der Waals surface area contributed by atoms with Crippen molar-refractivity contribution in [1.82, 2.24) is 4.98 Å². The van der Waals surface area contributed by atoms with Gasteiger partial charge in [0.1, 0.15) is 0 Å². The van der Waals surface area contributed by atoms with E-state index in [1.165, 1.54) is 15.4 Å². The van der Waals surface area contributed by atoms with E-state index in [-0.39, 0.29) is 5.41 Å². The maximum Gasteiger partial charge on any atom is 0.0981 e. The average Bonchev–Trinajstić information content (AvgIpc) is 2.76. The molecule has 0 spiro atoms. The predicted molar refractivity (Wildman–Crippen MR) is 87.0 cm³/mol. The Labute approximate surface area is 127 Å². The highest BCUT2D eigenvalue weighted by atomic mass is 79.9. The Morgan fingerprint density at radius 1 is 1.32 bits per heavy atom. The lowest BCUT2D eigenvalue weighted by Gasteiger charge is -2.13. The molecular weight excluding hydrogens is 320 g/mol. The van der Waals surface area contributed by atoms with Crippen LogP contribution >= 0.6 is 27.3 Å².